The van der Waals surface area contributed by atoms with Gasteiger partial charge in [0.2, 0.25) is 11.8 Å². The molecule has 0 spiro atoms. The van der Waals surface area contributed by atoms with E-state index in [-0.39, 0.29) is 28.9 Å². The van der Waals surface area contributed by atoms with Crippen LogP contribution in [0, 0.1) is 0 Å². The Morgan fingerprint density at radius 2 is 1.80 bits per heavy atom. The number of amides is 3. The van der Waals surface area contributed by atoms with Crippen molar-refractivity contribution in [1.29, 1.82) is 0 Å². The molecule has 40 heavy (non-hydrogen) atoms. The van der Waals surface area contributed by atoms with Crippen LogP contribution in [0.15, 0.2) is 54.6 Å². The molecule has 3 amide bonds. The van der Waals surface area contributed by atoms with Gasteiger partial charge in [-0.3, -0.25) is 14.4 Å². The number of anilines is 1. The lowest BCUT2D eigenvalue weighted by atomic mass is 9.98. The van der Waals surface area contributed by atoms with Crippen molar-refractivity contribution in [1.82, 2.24) is 15.2 Å². The summed E-state index contributed by atoms with van der Waals surface area (Å²) < 4.78 is 39.2. The lowest BCUT2D eigenvalue weighted by Crippen LogP contribution is -2.56. The zero-order valence-corrected chi connectivity index (χ0v) is 22.7. The summed E-state index contributed by atoms with van der Waals surface area (Å²) in [6.07, 6.45) is 4.03. The van der Waals surface area contributed by atoms with Gasteiger partial charge in [0, 0.05) is 29.7 Å². The monoisotopic (exact) mass is 571 g/mol. The van der Waals surface area contributed by atoms with Crippen molar-refractivity contribution in [2.45, 2.75) is 62.3 Å². The second-order valence-corrected chi connectivity index (χ2v) is 11.4. The minimum Gasteiger partial charge on any atom is -0.351 e. The van der Waals surface area contributed by atoms with E-state index in [9.17, 15) is 27.7 Å². The zero-order chi connectivity index (χ0) is 28.6. The third-order valence-electron chi connectivity index (χ3n) is 7.85. The third-order valence-corrected chi connectivity index (χ3v) is 8.59. The van der Waals surface area contributed by atoms with E-state index in [2.05, 4.69) is 10.3 Å². The van der Waals surface area contributed by atoms with Crippen LogP contribution in [-0.2, 0) is 19.8 Å². The van der Waals surface area contributed by atoms with Gasteiger partial charge in [0.1, 0.15) is 17.8 Å². The molecule has 2 aromatic carbocycles. The number of benzene rings is 2. The van der Waals surface area contributed by atoms with E-state index in [1.54, 1.807) is 16.8 Å². The number of para-hydroxylation sites is 1. The van der Waals surface area contributed by atoms with Crippen molar-refractivity contribution in [3.63, 3.8) is 0 Å². The van der Waals surface area contributed by atoms with Gasteiger partial charge in [-0.15, -0.1) is 8.78 Å². The van der Waals surface area contributed by atoms with Crippen LogP contribution < -0.4 is 10.2 Å². The van der Waals surface area contributed by atoms with E-state index in [1.807, 2.05) is 30.3 Å². The maximum absolute atomic E-state index is 14.0. The lowest BCUT2D eigenvalue weighted by Gasteiger charge is -2.36. The molecule has 0 radical (unpaired) electrons. The standard InChI is InChI=1S/C28H29F2N4O5P/c1-33(19-7-3-2-4-8-19)27(37)24-14-12-20-9-5-6-10-22(26(36)34(20)24)32-25(35)23-16-17-15-18(11-13-21(17)31-23)28(29,30)40(38)39/h2-4,7-8,11,13,15-16,20,22,24H,5-6,9-10,12,14H2,1H3,(H2-,31,32,35,38,39)/p+1/t20-,22-,24-/m0/s1. The number of aromatic amines is 1. The summed E-state index contributed by atoms with van der Waals surface area (Å²) in [5.41, 5.74) is -3.39. The molecule has 210 valence electrons. The topological polar surface area (TPSA) is 123 Å². The summed E-state index contributed by atoms with van der Waals surface area (Å²) >= 11 is 0. The van der Waals surface area contributed by atoms with Gasteiger partial charge in [0.05, 0.1) is 5.56 Å². The summed E-state index contributed by atoms with van der Waals surface area (Å²) in [6, 6.07) is 12.4. The molecule has 0 saturated carbocycles. The van der Waals surface area contributed by atoms with Crippen LogP contribution in [0.25, 0.3) is 10.9 Å². The summed E-state index contributed by atoms with van der Waals surface area (Å²) in [7, 11) is -2.09. The Balaban J connectivity index is 1.35. The van der Waals surface area contributed by atoms with Gasteiger partial charge >= 0.3 is 13.7 Å². The first-order chi connectivity index (χ1) is 19.1. The number of nitrogens with zero attached hydrogens (tertiary/aromatic N) is 2. The molecule has 1 unspecified atom stereocenters. The highest BCUT2D eigenvalue weighted by atomic mass is 31.1. The Morgan fingerprint density at radius 3 is 2.52 bits per heavy atom. The molecule has 12 heteroatoms. The first-order valence-corrected chi connectivity index (χ1v) is 14.4. The number of carbonyl (C=O) groups excluding carboxylic acids is 3. The van der Waals surface area contributed by atoms with Gasteiger partial charge in [-0.2, -0.15) is 4.89 Å². The van der Waals surface area contributed by atoms with Gasteiger partial charge in [-0.1, -0.05) is 31.0 Å². The number of fused-ring (bicyclic) bond motifs is 2. The maximum Gasteiger partial charge on any atom is 0.589 e. The highest BCUT2D eigenvalue weighted by Gasteiger charge is 2.53. The molecule has 2 fully saturated rings. The van der Waals surface area contributed by atoms with E-state index < -0.39 is 37.2 Å². The van der Waals surface area contributed by atoms with E-state index in [4.69, 9.17) is 4.89 Å². The zero-order valence-electron chi connectivity index (χ0n) is 21.8. The number of alkyl halides is 2. The van der Waals surface area contributed by atoms with Crippen LogP contribution in [0.2, 0.25) is 0 Å². The first-order valence-electron chi connectivity index (χ1n) is 13.2. The number of aromatic nitrogens is 1. The molecule has 3 N–H and O–H groups in total. The van der Waals surface area contributed by atoms with Gasteiger partial charge in [-0.05, 0) is 66.6 Å². The molecule has 3 aromatic rings. The molecule has 1 aromatic heterocycles. The maximum atomic E-state index is 14.0. The average molecular weight is 572 g/mol. The summed E-state index contributed by atoms with van der Waals surface area (Å²) in [5.74, 6) is -1.07. The molecule has 4 atom stereocenters. The molecule has 2 aliphatic rings. The molecule has 5 rings (SSSR count). The highest BCUT2D eigenvalue weighted by molar-refractivity contribution is 7.39. The van der Waals surface area contributed by atoms with E-state index >= 15 is 0 Å². The number of rotatable bonds is 6. The molecule has 2 saturated heterocycles. The first kappa shape index (κ1) is 27.9. The van der Waals surface area contributed by atoms with Crippen LogP contribution in [-0.4, -0.2) is 57.7 Å². The van der Waals surface area contributed by atoms with Crippen LogP contribution in [0.5, 0.6) is 0 Å². The van der Waals surface area contributed by atoms with E-state index in [0.717, 1.165) is 37.1 Å². The minimum absolute atomic E-state index is 0.0631. The highest BCUT2D eigenvalue weighted by Crippen LogP contribution is 2.47. The second kappa shape index (κ2) is 11.1. The number of hydrogen-bond donors (Lipinski definition) is 3. The average Bonchev–Trinajstić information content (AvgIpc) is 3.57. The quantitative estimate of drug-likeness (QED) is 0.372. The third kappa shape index (κ3) is 5.23. The van der Waals surface area contributed by atoms with Crippen LogP contribution >= 0.6 is 8.03 Å². The van der Waals surface area contributed by atoms with Crippen LogP contribution in [0.3, 0.4) is 0 Å². The van der Waals surface area contributed by atoms with Crippen molar-refractivity contribution >= 4 is 42.3 Å². The Labute approximate surface area is 230 Å². The molecule has 0 bridgehead atoms. The van der Waals surface area contributed by atoms with Crippen molar-refractivity contribution in [3.05, 3.63) is 65.9 Å². The fraction of sp³-hybridized carbons (Fsp3) is 0.393. The van der Waals surface area contributed by atoms with Crippen molar-refractivity contribution in [2.75, 3.05) is 11.9 Å². The lowest BCUT2D eigenvalue weighted by molar-refractivity contribution is -0.141. The van der Waals surface area contributed by atoms with Crippen LogP contribution in [0.1, 0.15) is 54.6 Å². The number of H-pyrrole nitrogens is 1. The summed E-state index contributed by atoms with van der Waals surface area (Å²) in [6.45, 7) is 0. The van der Waals surface area contributed by atoms with E-state index in [0.29, 0.717) is 24.8 Å². The molecule has 2 aliphatic heterocycles. The Morgan fingerprint density at radius 1 is 1.07 bits per heavy atom. The molecular formula is C28H30F2N4O5P+. The largest absolute Gasteiger partial charge is 0.589 e. The van der Waals surface area contributed by atoms with Gasteiger partial charge in [0.15, 0.2) is 0 Å². The van der Waals surface area contributed by atoms with Crippen molar-refractivity contribution in [2.24, 2.45) is 0 Å². The predicted octanol–water partition coefficient (Wildman–Crippen LogP) is 4.65. The van der Waals surface area contributed by atoms with E-state index in [1.165, 1.54) is 12.1 Å². The summed E-state index contributed by atoms with van der Waals surface area (Å²) in [5, 5.41) is 3.05. The SMILES string of the molecule is CN(C(=O)[C@@H]1CC[C@@H]2CCCC[C@H](NC(=O)c3cc4cc(C(F)(F)[P+](=O)O)ccc4[nH]3)C(=O)N21)c1ccccc1. The van der Waals surface area contributed by atoms with Gasteiger partial charge in [-0.25, -0.2) is 0 Å². The molecule has 3 heterocycles. The van der Waals surface area contributed by atoms with Gasteiger partial charge in [0.25, 0.3) is 5.91 Å². The number of halogens is 2. The Hall–Kier alpha value is -3.69. The summed E-state index contributed by atoms with van der Waals surface area (Å²) in [4.78, 5) is 55.5. The molecule has 9 nitrogen and oxygen atoms in total. The smallest absolute Gasteiger partial charge is 0.351 e. The predicted molar refractivity (Wildman–Crippen MR) is 145 cm³/mol. The molecule has 0 aliphatic carbocycles. The fourth-order valence-corrected chi connectivity index (χ4v) is 6.06. The Kier molecular flexibility index (Phi) is 7.70. The minimum atomic E-state index is -3.93. The van der Waals surface area contributed by atoms with Gasteiger partial charge < -0.3 is 20.1 Å². The van der Waals surface area contributed by atoms with Crippen LogP contribution in [0.4, 0.5) is 14.5 Å². The number of carbonyl (C=O) groups is 3. The van der Waals surface area contributed by atoms with Crippen molar-refractivity contribution < 1.29 is 32.6 Å². The fourth-order valence-electron chi connectivity index (χ4n) is 5.70. The Bertz CT molecular complexity index is 1460. The normalized spacial score (nSPS) is 21.9. The molecular weight excluding hydrogens is 541 g/mol. The second-order valence-electron chi connectivity index (χ2n) is 10.3. The number of nitrogens with one attached hydrogen (secondary N) is 2. The van der Waals surface area contributed by atoms with Crippen molar-refractivity contribution in [3.8, 4) is 0 Å². The number of likely N-dealkylation sites (N-methyl/N-ethyl adjacent to an activating group) is 1. The number of hydrogen-bond acceptors (Lipinski definition) is 4.